The average molecular weight is 303 g/mol. The van der Waals surface area contributed by atoms with Gasteiger partial charge in [-0.3, -0.25) is 4.79 Å². The molecule has 0 unspecified atom stereocenters. The first-order valence-corrected chi connectivity index (χ1v) is 6.80. The van der Waals surface area contributed by atoms with E-state index in [4.69, 9.17) is 17.3 Å². The van der Waals surface area contributed by atoms with Gasteiger partial charge in [0.1, 0.15) is 0 Å². The van der Waals surface area contributed by atoms with Gasteiger partial charge in [-0.2, -0.15) is 0 Å². The van der Waals surface area contributed by atoms with E-state index in [1.54, 1.807) is 0 Å². The van der Waals surface area contributed by atoms with Crippen LogP contribution in [0.5, 0.6) is 0 Å². The van der Waals surface area contributed by atoms with Crippen LogP contribution in [0.25, 0.3) is 0 Å². The Morgan fingerprint density at radius 3 is 2.68 bits per heavy atom. The Hall–Kier alpha value is -0.770. The average Bonchev–Trinajstić information content (AvgIpc) is 2.77. The Balaban J connectivity index is 0.00000180. The lowest BCUT2D eigenvalue weighted by Crippen LogP contribution is -2.52. The Morgan fingerprint density at radius 2 is 2.05 bits per heavy atom. The normalized spacial score (nSPS) is 16.7. The third-order valence-corrected chi connectivity index (χ3v) is 3.77. The van der Waals surface area contributed by atoms with Crippen LogP contribution in [0, 0.1) is 0 Å². The summed E-state index contributed by atoms with van der Waals surface area (Å²) in [5.41, 5.74) is 6.57. The molecule has 1 aliphatic rings. The van der Waals surface area contributed by atoms with Crippen molar-refractivity contribution in [2.75, 3.05) is 6.54 Å². The molecule has 0 radical (unpaired) electrons. The standard InChI is InChI=1S/C14H19ClN2O.ClH/c15-12-5-3-4-11(10-12)6-9-17-13(18)14(16)7-1-2-8-14;/h3-5,10H,1-2,6-9,16H2,(H,17,18);1H. The fourth-order valence-electron chi connectivity index (χ4n) is 2.42. The van der Waals surface area contributed by atoms with Crippen LogP contribution in [-0.4, -0.2) is 18.0 Å². The largest absolute Gasteiger partial charge is 0.354 e. The molecular formula is C14H20Cl2N2O. The first kappa shape index (κ1) is 16.3. The number of carbonyl (C=O) groups is 1. The van der Waals surface area contributed by atoms with Crippen LogP contribution in [0.1, 0.15) is 31.2 Å². The lowest BCUT2D eigenvalue weighted by atomic mass is 9.98. The summed E-state index contributed by atoms with van der Waals surface area (Å²) in [4.78, 5) is 12.0. The summed E-state index contributed by atoms with van der Waals surface area (Å²) in [5.74, 6) is -0.0120. The second kappa shape index (κ2) is 7.13. The highest BCUT2D eigenvalue weighted by atomic mass is 35.5. The Kier molecular flexibility index (Phi) is 6.11. The molecule has 19 heavy (non-hydrogen) atoms. The van der Waals surface area contributed by atoms with Crippen LogP contribution in [0.2, 0.25) is 5.02 Å². The van der Waals surface area contributed by atoms with Crippen LogP contribution in [-0.2, 0) is 11.2 Å². The molecule has 1 aromatic rings. The maximum absolute atomic E-state index is 12.0. The van der Waals surface area contributed by atoms with Gasteiger partial charge in [0.05, 0.1) is 5.54 Å². The van der Waals surface area contributed by atoms with Crippen molar-refractivity contribution in [2.45, 2.75) is 37.6 Å². The summed E-state index contributed by atoms with van der Waals surface area (Å²) in [6, 6.07) is 7.69. The van der Waals surface area contributed by atoms with Gasteiger partial charge in [-0.25, -0.2) is 0 Å². The van der Waals surface area contributed by atoms with E-state index in [-0.39, 0.29) is 18.3 Å². The molecule has 5 heteroatoms. The van der Waals surface area contributed by atoms with Gasteiger partial charge in [-0.05, 0) is 37.0 Å². The molecule has 0 aromatic heterocycles. The van der Waals surface area contributed by atoms with E-state index in [9.17, 15) is 4.79 Å². The fourth-order valence-corrected chi connectivity index (χ4v) is 2.63. The van der Waals surface area contributed by atoms with Crippen molar-refractivity contribution in [1.82, 2.24) is 5.32 Å². The van der Waals surface area contributed by atoms with E-state index in [0.29, 0.717) is 6.54 Å². The number of benzene rings is 1. The van der Waals surface area contributed by atoms with Crippen molar-refractivity contribution < 1.29 is 4.79 Å². The number of carbonyl (C=O) groups excluding carboxylic acids is 1. The summed E-state index contributed by atoms with van der Waals surface area (Å²) >= 11 is 5.90. The van der Waals surface area contributed by atoms with Crippen LogP contribution in [0.15, 0.2) is 24.3 Å². The van der Waals surface area contributed by atoms with Crippen molar-refractivity contribution in [2.24, 2.45) is 5.73 Å². The molecular weight excluding hydrogens is 283 g/mol. The second-order valence-electron chi connectivity index (χ2n) is 5.00. The van der Waals surface area contributed by atoms with Gasteiger partial charge in [0, 0.05) is 11.6 Å². The van der Waals surface area contributed by atoms with Gasteiger partial charge in [0.25, 0.3) is 0 Å². The first-order chi connectivity index (χ1) is 8.60. The second-order valence-corrected chi connectivity index (χ2v) is 5.44. The van der Waals surface area contributed by atoms with Gasteiger partial charge in [0.2, 0.25) is 5.91 Å². The zero-order chi connectivity index (χ0) is 13.0. The minimum absolute atomic E-state index is 0. The Labute approximate surface area is 125 Å². The van der Waals surface area contributed by atoms with E-state index in [1.807, 2.05) is 24.3 Å². The van der Waals surface area contributed by atoms with E-state index >= 15 is 0 Å². The molecule has 1 aliphatic carbocycles. The molecule has 0 bridgehead atoms. The highest BCUT2D eigenvalue weighted by Gasteiger charge is 2.36. The maximum Gasteiger partial charge on any atom is 0.240 e. The number of halogens is 2. The van der Waals surface area contributed by atoms with Crippen LogP contribution in [0.4, 0.5) is 0 Å². The zero-order valence-electron chi connectivity index (χ0n) is 10.8. The highest BCUT2D eigenvalue weighted by molar-refractivity contribution is 6.30. The van der Waals surface area contributed by atoms with Crippen LogP contribution >= 0.6 is 24.0 Å². The van der Waals surface area contributed by atoms with Gasteiger partial charge >= 0.3 is 0 Å². The molecule has 1 saturated carbocycles. The van der Waals surface area contributed by atoms with E-state index in [1.165, 1.54) is 0 Å². The number of hydrogen-bond donors (Lipinski definition) is 2. The predicted octanol–water partition coefficient (Wildman–Crippen LogP) is 2.69. The van der Waals surface area contributed by atoms with Crippen molar-refractivity contribution in [3.63, 3.8) is 0 Å². The van der Waals surface area contributed by atoms with Crippen LogP contribution < -0.4 is 11.1 Å². The molecule has 1 aromatic carbocycles. The third kappa shape index (κ3) is 4.37. The maximum atomic E-state index is 12.0. The fraction of sp³-hybridized carbons (Fsp3) is 0.500. The molecule has 0 saturated heterocycles. The molecule has 1 fully saturated rings. The number of hydrogen-bond acceptors (Lipinski definition) is 2. The Morgan fingerprint density at radius 1 is 1.37 bits per heavy atom. The molecule has 0 spiro atoms. The van der Waals surface area contributed by atoms with Crippen molar-refractivity contribution >= 4 is 29.9 Å². The van der Waals surface area contributed by atoms with Crippen molar-refractivity contribution in [1.29, 1.82) is 0 Å². The summed E-state index contributed by atoms with van der Waals surface area (Å²) in [6.45, 7) is 0.609. The van der Waals surface area contributed by atoms with Crippen molar-refractivity contribution in [3.05, 3.63) is 34.9 Å². The number of nitrogens with two attached hydrogens (primary N) is 1. The summed E-state index contributed by atoms with van der Waals surface area (Å²) in [7, 11) is 0. The van der Waals surface area contributed by atoms with Crippen LogP contribution in [0.3, 0.4) is 0 Å². The zero-order valence-corrected chi connectivity index (χ0v) is 12.4. The lowest BCUT2D eigenvalue weighted by Gasteiger charge is -2.22. The van der Waals surface area contributed by atoms with E-state index in [0.717, 1.165) is 42.7 Å². The molecule has 1 amide bonds. The summed E-state index contributed by atoms with van der Waals surface area (Å²) in [6.07, 6.45) is 4.49. The topological polar surface area (TPSA) is 55.1 Å². The Bertz CT molecular complexity index is 431. The lowest BCUT2D eigenvalue weighted by molar-refractivity contribution is -0.126. The van der Waals surface area contributed by atoms with E-state index < -0.39 is 5.54 Å². The van der Waals surface area contributed by atoms with Crippen molar-refractivity contribution in [3.8, 4) is 0 Å². The summed E-state index contributed by atoms with van der Waals surface area (Å²) < 4.78 is 0. The third-order valence-electron chi connectivity index (χ3n) is 3.54. The first-order valence-electron chi connectivity index (χ1n) is 6.42. The predicted molar refractivity (Wildman–Crippen MR) is 80.8 cm³/mol. The molecule has 3 N–H and O–H groups in total. The van der Waals surface area contributed by atoms with Gasteiger partial charge in [0.15, 0.2) is 0 Å². The van der Waals surface area contributed by atoms with E-state index in [2.05, 4.69) is 5.32 Å². The quantitative estimate of drug-likeness (QED) is 0.898. The minimum atomic E-state index is -0.631. The van der Waals surface area contributed by atoms with Gasteiger partial charge in [-0.15, -0.1) is 12.4 Å². The molecule has 2 rings (SSSR count). The number of nitrogens with one attached hydrogen (secondary N) is 1. The molecule has 0 atom stereocenters. The van der Waals surface area contributed by atoms with Gasteiger partial charge in [-0.1, -0.05) is 36.6 Å². The molecule has 0 heterocycles. The SMILES string of the molecule is Cl.NC1(C(=O)NCCc2cccc(Cl)c2)CCCC1. The smallest absolute Gasteiger partial charge is 0.240 e. The molecule has 3 nitrogen and oxygen atoms in total. The monoisotopic (exact) mass is 302 g/mol. The number of amides is 1. The minimum Gasteiger partial charge on any atom is -0.354 e. The molecule has 0 aliphatic heterocycles. The van der Waals surface area contributed by atoms with Gasteiger partial charge < -0.3 is 11.1 Å². The number of rotatable bonds is 4. The highest BCUT2D eigenvalue weighted by Crippen LogP contribution is 2.27. The summed E-state index contributed by atoms with van der Waals surface area (Å²) in [5, 5.41) is 3.65. The molecule has 106 valence electrons.